The van der Waals surface area contributed by atoms with Gasteiger partial charge in [-0.2, -0.15) is 0 Å². The number of para-hydroxylation sites is 2. The molecule has 8 heteroatoms. The van der Waals surface area contributed by atoms with Crippen molar-refractivity contribution in [1.82, 2.24) is 4.90 Å². The molecule has 1 aliphatic rings. The van der Waals surface area contributed by atoms with E-state index in [-0.39, 0.29) is 18.2 Å². The number of ether oxygens (including phenoxy) is 1. The number of nitro benzene ring substituents is 1. The molecule has 0 unspecified atom stereocenters. The number of carbonyl (C=O) groups is 1. The average molecular weight is 386 g/mol. The molecule has 1 fully saturated rings. The highest BCUT2D eigenvalue weighted by atomic mass is 32.2. The molecule has 0 bridgehead atoms. The van der Waals surface area contributed by atoms with Crippen LogP contribution in [0.1, 0.15) is 11.1 Å². The van der Waals surface area contributed by atoms with Gasteiger partial charge < -0.3 is 4.74 Å². The largest absolute Gasteiger partial charge is 0.488 e. The van der Waals surface area contributed by atoms with Gasteiger partial charge >= 0.3 is 0 Å². The van der Waals surface area contributed by atoms with Gasteiger partial charge in [-0.1, -0.05) is 54.3 Å². The third-order valence-corrected chi connectivity index (χ3v) is 5.25. The number of hydrogen-bond acceptors (Lipinski definition) is 6. The Morgan fingerprint density at radius 2 is 1.92 bits per heavy atom. The van der Waals surface area contributed by atoms with Gasteiger partial charge in [0, 0.05) is 18.7 Å². The highest BCUT2D eigenvalue weighted by Gasteiger charge is 2.28. The number of likely N-dealkylation sites (N-methyl/N-ethyl adjacent to an activating group) is 1. The van der Waals surface area contributed by atoms with E-state index < -0.39 is 4.92 Å². The van der Waals surface area contributed by atoms with Gasteiger partial charge in [-0.05, 0) is 18.2 Å². The molecule has 26 heavy (non-hydrogen) atoms. The van der Waals surface area contributed by atoms with Gasteiger partial charge in [0.2, 0.25) is 0 Å². The van der Waals surface area contributed by atoms with Crippen LogP contribution in [0.25, 0.3) is 6.08 Å². The summed E-state index contributed by atoms with van der Waals surface area (Å²) in [5, 5.41) is 11.1. The molecule has 1 saturated heterocycles. The number of hydrogen-bond donors (Lipinski definition) is 0. The second-order valence-corrected chi connectivity index (χ2v) is 7.13. The second-order valence-electron chi connectivity index (χ2n) is 5.45. The van der Waals surface area contributed by atoms with E-state index in [4.69, 9.17) is 17.0 Å². The van der Waals surface area contributed by atoms with Gasteiger partial charge in [-0.15, -0.1) is 0 Å². The summed E-state index contributed by atoms with van der Waals surface area (Å²) in [5.41, 5.74) is 1.20. The van der Waals surface area contributed by atoms with Gasteiger partial charge in [-0.25, -0.2) is 0 Å². The first kappa shape index (κ1) is 18.1. The molecule has 1 heterocycles. The van der Waals surface area contributed by atoms with Gasteiger partial charge in [0.25, 0.3) is 11.6 Å². The smallest absolute Gasteiger partial charge is 0.276 e. The minimum absolute atomic E-state index is 0.0110. The Morgan fingerprint density at radius 1 is 1.23 bits per heavy atom. The number of rotatable bonds is 5. The number of thioether (sulfide) groups is 1. The number of nitrogens with zero attached hydrogens (tertiary/aromatic N) is 2. The molecule has 0 atom stereocenters. The van der Waals surface area contributed by atoms with Crippen molar-refractivity contribution in [3.8, 4) is 5.75 Å². The van der Waals surface area contributed by atoms with E-state index in [1.165, 1.54) is 22.7 Å². The third kappa shape index (κ3) is 3.76. The summed E-state index contributed by atoms with van der Waals surface area (Å²) in [5.74, 6) is 0.375. The number of carbonyl (C=O) groups excluding carboxylic acids is 1. The summed E-state index contributed by atoms with van der Waals surface area (Å²) < 4.78 is 6.30. The summed E-state index contributed by atoms with van der Waals surface area (Å²) in [6.07, 6.45) is 1.72. The molecular formula is C18H14N2O4S2. The van der Waals surface area contributed by atoms with Crippen LogP contribution in [0, 0.1) is 10.1 Å². The molecule has 132 valence electrons. The Bertz CT molecular complexity index is 927. The maximum atomic E-state index is 12.2. The first-order chi connectivity index (χ1) is 12.5. The lowest BCUT2D eigenvalue weighted by Gasteiger charge is -2.10. The topological polar surface area (TPSA) is 72.7 Å². The van der Waals surface area contributed by atoms with Gasteiger partial charge in [0.05, 0.1) is 15.4 Å². The molecule has 0 N–H and O–H groups in total. The number of benzene rings is 2. The second kappa shape index (κ2) is 7.67. The predicted octanol–water partition coefficient (Wildman–Crippen LogP) is 4.00. The maximum absolute atomic E-state index is 12.2. The molecule has 0 aromatic heterocycles. The SMILES string of the molecule is CN1C(=O)/C(=C/c2ccccc2OCc2ccccc2[N+](=O)[O-])SC1=S. The molecule has 0 spiro atoms. The van der Waals surface area contributed by atoms with Crippen LogP contribution in [0.2, 0.25) is 0 Å². The van der Waals surface area contributed by atoms with Crippen LogP contribution in [-0.4, -0.2) is 27.1 Å². The fourth-order valence-corrected chi connectivity index (χ4v) is 3.55. The van der Waals surface area contributed by atoms with E-state index in [0.717, 1.165) is 0 Å². The van der Waals surface area contributed by atoms with Crippen molar-refractivity contribution in [2.24, 2.45) is 0 Å². The fraction of sp³-hybridized carbons (Fsp3) is 0.111. The summed E-state index contributed by atoms with van der Waals surface area (Å²) in [7, 11) is 1.63. The standard InChI is InChI=1S/C18H14N2O4S2/c1-19-17(21)16(26-18(19)25)10-12-6-3-5-9-15(12)24-11-13-7-2-4-8-14(13)20(22)23/h2-10H,11H2,1H3/b16-10-. The molecule has 6 nitrogen and oxygen atoms in total. The highest BCUT2D eigenvalue weighted by Crippen LogP contribution is 2.33. The molecule has 2 aromatic rings. The average Bonchev–Trinajstić information content (AvgIpc) is 2.88. The minimum Gasteiger partial charge on any atom is -0.488 e. The zero-order valence-corrected chi connectivity index (χ0v) is 15.4. The van der Waals surface area contributed by atoms with Crippen molar-refractivity contribution in [3.63, 3.8) is 0 Å². The van der Waals surface area contributed by atoms with Gasteiger partial charge in [0.15, 0.2) is 0 Å². The number of thiocarbonyl (C=S) groups is 1. The van der Waals surface area contributed by atoms with Crippen LogP contribution in [0.5, 0.6) is 5.75 Å². The van der Waals surface area contributed by atoms with Crippen molar-refractivity contribution in [2.75, 3.05) is 7.05 Å². The first-order valence-corrected chi connectivity index (χ1v) is 8.85. The quantitative estimate of drug-likeness (QED) is 0.335. The summed E-state index contributed by atoms with van der Waals surface area (Å²) >= 11 is 6.36. The lowest BCUT2D eigenvalue weighted by atomic mass is 10.1. The van der Waals surface area contributed by atoms with Crippen molar-refractivity contribution in [3.05, 3.63) is 74.7 Å². The number of amides is 1. The van der Waals surface area contributed by atoms with Gasteiger partial charge in [0.1, 0.15) is 16.7 Å². The first-order valence-electron chi connectivity index (χ1n) is 7.63. The Morgan fingerprint density at radius 3 is 2.62 bits per heavy atom. The van der Waals surface area contributed by atoms with Crippen LogP contribution < -0.4 is 4.74 Å². The van der Waals surface area contributed by atoms with Crippen molar-refractivity contribution in [2.45, 2.75) is 6.61 Å². The molecule has 0 saturated carbocycles. The molecule has 0 radical (unpaired) electrons. The van der Waals surface area contributed by atoms with Gasteiger partial charge in [-0.3, -0.25) is 19.8 Å². The Balaban J connectivity index is 1.84. The Kier molecular flexibility index (Phi) is 5.34. The van der Waals surface area contributed by atoms with E-state index in [1.54, 1.807) is 43.5 Å². The van der Waals surface area contributed by atoms with E-state index in [9.17, 15) is 14.9 Å². The Hall–Kier alpha value is -2.71. The van der Waals surface area contributed by atoms with E-state index in [1.807, 2.05) is 12.1 Å². The maximum Gasteiger partial charge on any atom is 0.276 e. The zero-order chi connectivity index (χ0) is 18.7. The van der Waals surface area contributed by atoms with Crippen LogP contribution in [0.4, 0.5) is 5.69 Å². The predicted molar refractivity (Wildman–Crippen MR) is 105 cm³/mol. The third-order valence-electron chi connectivity index (χ3n) is 3.76. The highest BCUT2D eigenvalue weighted by molar-refractivity contribution is 8.26. The molecule has 2 aromatic carbocycles. The summed E-state index contributed by atoms with van der Waals surface area (Å²) in [4.78, 5) is 24.8. The fourth-order valence-electron chi connectivity index (χ4n) is 2.38. The Labute approximate surface area is 159 Å². The molecule has 0 aliphatic carbocycles. The van der Waals surface area contributed by atoms with Crippen molar-refractivity contribution >= 4 is 46.0 Å². The summed E-state index contributed by atoms with van der Waals surface area (Å²) in [6.45, 7) is 0.0523. The lowest BCUT2D eigenvalue weighted by molar-refractivity contribution is -0.385. The monoisotopic (exact) mass is 386 g/mol. The molecule has 3 rings (SSSR count). The van der Waals surface area contributed by atoms with Crippen LogP contribution in [-0.2, 0) is 11.4 Å². The van der Waals surface area contributed by atoms with E-state index >= 15 is 0 Å². The normalized spacial score (nSPS) is 15.6. The minimum atomic E-state index is -0.433. The zero-order valence-electron chi connectivity index (χ0n) is 13.7. The number of nitro groups is 1. The molecule has 1 aliphatic heterocycles. The summed E-state index contributed by atoms with van der Waals surface area (Å²) in [6, 6.07) is 13.6. The van der Waals surface area contributed by atoms with Crippen LogP contribution >= 0.6 is 24.0 Å². The van der Waals surface area contributed by atoms with E-state index in [0.29, 0.717) is 26.1 Å². The van der Waals surface area contributed by atoms with Crippen molar-refractivity contribution < 1.29 is 14.5 Å². The van der Waals surface area contributed by atoms with Crippen LogP contribution in [0.15, 0.2) is 53.4 Å². The van der Waals surface area contributed by atoms with Crippen LogP contribution in [0.3, 0.4) is 0 Å². The lowest BCUT2D eigenvalue weighted by Crippen LogP contribution is -2.22. The van der Waals surface area contributed by atoms with Crippen molar-refractivity contribution in [1.29, 1.82) is 0 Å². The van der Waals surface area contributed by atoms with E-state index in [2.05, 4.69) is 0 Å². The molecular weight excluding hydrogens is 372 g/mol. The molecule has 1 amide bonds.